The Bertz CT molecular complexity index is 635. The number of ether oxygens (including phenoxy) is 1. The van der Waals surface area contributed by atoms with Gasteiger partial charge in [-0.3, -0.25) is 19.3 Å². The number of H-pyrrole nitrogens is 1. The lowest BCUT2D eigenvalue weighted by Gasteiger charge is -2.14. The summed E-state index contributed by atoms with van der Waals surface area (Å²) < 4.78 is 7.15. The molecule has 2 rings (SSSR count). The van der Waals surface area contributed by atoms with Gasteiger partial charge in [-0.2, -0.15) is 0 Å². The standard InChI is InChI=1S/C10H14IN5O4/c11-4-3-16(10(19)15-8(4)18)7-1-5(17)6(20-7)2-14-9(12)13/h3,5-7,17H,1-2H2,(H4,12,13,14)(H,15,18,19)/t5-,6+,7+/m0/s1/i11-2. The minimum atomic E-state index is -0.792. The lowest BCUT2D eigenvalue weighted by molar-refractivity contribution is -0.0150. The molecule has 1 fully saturated rings. The number of rotatable bonds is 3. The molecule has 1 aliphatic heterocycles. The number of aromatic amines is 1. The van der Waals surface area contributed by atoms with Crippen LogP contribution in [0.5, 0.6) is 0 Å². The number of hydrogen-bond acceptors (Lipinski definition) is 5. The highest BCUT2D eigenvalue weighted by molar-refractivity contribution is 14.1. The first-order valence-electron chi connectivity index (χ1n) is 5.78. The summed E-state index contributed by atoms with van der Waals surface area (Å²) in [7, 11) is 0. The van der Waals surface area contributed by atoms with Gasteiger partial charge in [0.15, 0.2) is 5.96 Å². The molecule has 0 unspecified atom stereocenters. The Labute approximate surface area is 126 Å². The summed E-state index contributed by atoms with van der Waals surface area (Å²) in [5.74, 6) is -0.0972. The second-order valence-corrected chi connectivity index (χ2v) is 5.50. The van der Waals surface area contributed by atoms with Crippen LogP contribution in [0, 0.1) is 3.57 Å². The van der Waals surface area contributed by atoms with Crippen LogP contribution in [0.3, 0.4) is 0 Å². The van der Waals surface area contributed by atoms with Crippen molar-refractivity contribution in [3.63, 3.8) is 0 Å². The summed E-state index contributed by atoms with van der Waals surface area (Å²) >= 11 is 1.81. The molecular formula is C10H14IN5O4. The Balaban J connectivity index is 2.20. The van der Waals surface area contributed by atoms with E-state index in [9.17, 15) is 14.7 Å². The van der Waals surface area contributed by atoms with E-state index in [0.717, 1.165) is 0 Å². The maximum atomic E-state index is 11.7. The fourth-order valence-corrected chi connectivity index (χ4v) is 2.36. The third-order valence-electron chi connectivity index (χ3n) is 2.89. The van der Waals surface area contributed by atoms with E-state index in [2.05, 4.69) is 9.98 Å². The van der Waals surface area contributed by atoms with Crippen LogP contribution in [0.1, 0.15) is 12.6 Å². The van der Waals surface area contributed by atoms with Gasteiger partial charge in [0.05, 0.1) is 16.2 Å². The molecule has 110 valence electrons. The van der Waals surface area contributed by atoms with Crippen LogP contribution in [0.4, 0.5) is 0 Å². The number of aliphatic hydroxyl groups is 1. The highest BCUT2D eigenvalue weighted by atomic mass is 125. The number of nitrogens with two attached hydrogens (primary N) is 2. The molecule has 0 amide bonds. The molecule has 1 aromatic rings. The van der Waals surface area contributed by atoms with Crippen LogP contribution in [-0.2, 0) is 4.74 Å². The topological polar surface area (TPSA) is 149 Å². The van der Waals surface area contributed by atoms with Crippen molar-refractivity contribution >= 4 is 28.6 Å². The summed E-state index contributed by atoms with van der Waals surface area (Å²) in [6.45, 7) is 0.106. The van der Waals surface area contributed by atoms with Crippen LogP contribution in [0.15, 0.2) is 20.8 Å². The SMILES string of the molecule is NC(N)=NC[C@H]1O[C@@H](n2cc([125I])c(=O)[nH]c2=O)C[C@@H]1O. The second-order valence-electron chi connectivity index (χ2n) is 4.34. The molecule has 1 aliphatic rings. The third kappa shape index (κ3) is 3.19. The first-order valence-corrected chi connectivity index (χ1v) is 6.86. The highest BCUT2D eigenvalue weighted by Gasteiger charge is 2.35. The summed E-state index contributed by atoms with van der Waals surface area (Å²) in [6, 6.07) is 0. The summed E-state index contributed by atoms with van der Waals surface area (Å²) in [5, 5.41) is 9.88. The minimum Gasteiger partial charge on any atom is -0.390 e. The van der Waals surface area contributed by atoms with Crippen LogP contribution in [-0.4, -0.2) is 39.4 Å². The number of hydrogen-bond donors (Lipinski definition) is 4. The maximum absolute atomic E-state index is 11.7. The minimum absolute atomic E-state index is 0.0972. The van der Waals surface area contributed by atoms with Crippen molar-refractivity contribution in [2.75, 3.05) is 6.54 Å². The summed E-state index contributed by atoms with van der Waals surface area (Å²) in [6.07, 6.45) is -0.449. The Morgan fingerprint density at radius 3 is 2.95 bits per heavy atom. The zero-order chi connectivity index (χ0) is 14.9. The third-order valence-corrected chi connectivity index (χ3v) is 3.66. The predicted octanol–water partition coefficient (Wildman–Crippen LogP) is -1.94. The fourth-order valence-electron chi connectivity index (χ4n) is 1.92. The second kappa shape index (κ2) is 5.93. The normalized spacial score (nSPS) is 25.6. The van der Waals surface area contributed by atoms with Gasteiger partial charge < -0.3 is 21.3 Å². The number of nitrogens with one attached hydrogen (secondary N) is 1. The first-order chi connectivity index (χ1) is 9.38. The van der Waals surface area contributed by atoms with E-state index < -0.39 is 29.7 Å². The van der Waals surface area contributed by atoms with E-state index in [0.29, 0.717) is 3.57 Å². The average molecular weight is 393 g/mol. The number of aromatic nitrogens is 2. The van der Waals surface area contributed by atoms with Crippen molar-refractivity contribution < 1.29 is 9.84 Å². The van der Waals surface area contributed by atoms with Gasteiger partial charge in [-0.05, 0) is 22.6 Å². The average Bonchev–Trinajstić information content (AvgIpc) is 2.72. The smallest absolute Gasteiger partial charge is 0.330 e. The van der Waals surface area contributed by atoms with Crippen LogP contribution >= 0.6 is 22.6 Å². The van der Waals surface area contributed by atoms with Crippen molar-refractivity contribution in [1.29, 1.82) is 0 Å². The highest BCUT2D eigenvalue weighted by Crippen LogP contribution is 2.27. The lowest BCUT2D eigenvalue weighted by atomic mass is 10.2. The molecule has 0 bridgehead atoms. The van der Waals surface area contributed by atoms with Gasteiger partial charge in [-0.1, -0.05) is 0 Å². The fraction of sp³-hybridized carbons (Fsp3) is 0.500. The number of aliphatic hydroxyl groups excluding tert-OH is 1. The maximum Gasteiger partial charge on any atom is 0.330 e. The molecule has 3 atom stereocenters. The van der Waals surface area contributed by atoms with Gasteiger partial charge in [0.25, 0.3) is 5.56 Å². The zero-order valence-electron chi connectivity index (χ0n) is 10.3. The van der Waals surface area contributed by atoms with Gasteiger partial charge in [0.1, 0.15) is 12.3 Å². The van der Waals surface area contributed by atoms with E-state index in [1.165, 1.54) is 10.8 Å². The quantitative estimate of drug-likeness (QED) is 0.267. The van der Waals surface area contributed by atoms with E-state index in [1.807, 2.05) is 22.6 Å². The molecule has 10 heteroatoms. The Morgan fingerprint density at radius 2 is 2.30 bits per heavy atom. The van der Waals surface area contributed by atoms with Crippen LogP contribution in [0.2, 0.25) is 0 Å². The summed E-state index contributed by atoms with van der Waals surface area (Å²) in [4.78, 5) is 29.0. The van der Waals surface area contributed by atoms with Crippen molar-refractivity contribution in [3.8, 4) is 0 Å². The predicted molar refractivity (Wildman–Crippen MR) is 79.3 cm³/mol. The first kappa shape index (κ1) is 15.0. The monoisotopic (exact) mass is 393 g/mol. The number of nitrogens with zero attached hydrogens (tertiary/aromatic N) is 2. The van der Waals surface area contributed by atoms with E-state index >= 15 is 0 Å². The molecule has 1 aromatic heterocycles. The molecule has 9 nitrogen and oxygen atoms in total. The molecule has 0 aliphatic carbocycles. The van der Waals surface area contributed by atoms with Crippen LogP contribution < -0.4 is 22.7 Å². The molecule has 0 spiro atoms. The number of halogens is 1. The molecule has 0 saturated carbocycles. The van der Waals surface area contributed by atoms with Crippen molar-refractivity contribution in [1.82, 2.24) is 9.55 Å². The van der Waals surface area contributed by atoms with Gasteiger partial charge >= 0.3 is 5.69 Å². The zero-order valence-corrected chi connectivity index (χ0v) is 12.5. The molecule has 1 saturated heterocycles. The van der Waals surface area contributed by atoms with Crippen molar-refractivity contribution in [2.24, 2.45) is 16.5 Å². The number of guanidine groups is 1. The van der Waals surface area contributed by atoms with Crippen molar-refractivity contribution in [2.45, 2.75) is 24.9 Å². The van der Waals surface area contributed by atoms with E-state index in [4.69, 9.17) is 16.2 Å². The summed E-state index contributed by atoms with van der Waals surface area (Å²) in [5.41, 5.74) is 9.39. The van der Waals surface area contributed by atoms with Gasteiger partial charge in [0, 0.05) is 12.6 Å². The Hall–Kier alpha value is -1.40. The molecule has 6 N–H and O–H groups in total. The molecule has 2 heterocycles. The van der Waals surface area contributed by atoms with Crippen molar-refractivity contribution in [3.05, 3.63) is 30.6 Å². The largest absolute Gasteiger partial charge is 0.390 e. The lowest BCUT2D eigenvalue weighted by Crippen LogP contribution is -2.33. The molecule has 0 aromatic carbocycles. The van der Waals surface area contributed by atoms with Gasteiger partial charge in [-0.25, -0.2) is 4.79 Å². The van der Waals surface area contributed by atoms with E-state index in [1.54, 1.807) is 0 Å². The number of aliphatic imine (C=N–C) groups is 1. The molecule has 20 heavy (non-hydrogen) atoms. The van der Waals surface area contributed by atoms with Gasteiger partial charge in [-0.15, -0.1) is 0 Å². The van der Waals surface area contributed by atoms with Gasteiger partial charge in [0.2, 0.25) is 0 Å². The Kier molecular flexibility index (Phi) is 4.45. The van der Waals surface area contributed by atoms with Crippen LogP contribution in [0.25, 0.3) is 0 Å². The Morgan fingerprint density at radius 1 is 1.60 bits per heavy atom. The molecular weight excluding hydrogens is 379 g/mol. The van der Waals surface area contributed by atoms with E-state index in [-0.39, 0.29) is 18.9 Å². The molecule has 0 radical (unpaired) electrons.